The van der Waals surface area contributed by atoms with Gasteiger partial charge in [-0.1, -0.05) is 23.7 Å². The van der Waals surface area contributed by atoms with Gasteiger partial charge in [0.1, 0.15) is 5.75 Å². The summed E-state index contributed by atoms with van der Waals surface area (Å²) >= 11 is 9.74. The van der Waals surface area contributed by atoms with Crippen molar-refractivity contribution in [3.8, 4) is 5.75 Å². The number of carbonyl (C=O) groups excluding carboxylic acids is 1. The zero-order valence-electron chi connectivity index (χ0n) is 12.3. The van der Waals surface area contributed by atoms with Crippen molar-refractivity contribution in [3.05, 3.63) is 68.7 Å². The standard InChI is InChI=1S/C16H12ClNO4S2/c17-14-9-11(18(20)21)3-6-13(14)15(19)22-12-4-1-10(2-5-12)16-23-7-8-24-16/h1-6,9,16H,7-8H2. The van der Waals surface area contributed by atoms with Crippen molar-refractivity contribution >= 4 is 46.8 Å². The molecular weight excluding hydrogens is 370 g/mol. The number of hydrogen-bond donors (Lipinski definition) is 0. The molecule has 1 aliphatic heterocycles. The van der Waals surface area contributed by atoms with Crippen molar-refractivity contribution < 1.29 is 14.5 Å². The topological polar surface area (TPSA) is 69.4 Å². The van der Waals surface area contributed by atoms with Crippen LogP contribution in [0.2, 0.25) is 5.02 Å². The summed E-state index contributed by atoms with van der Waals surface area (Å²) in [6.07, 6.45) is 0. The number of rotatable bonds is 4. The lowest BCUT2D eigenvalue weighted by atomic mass is 10.2. The number of nitro benzene ring substituents is 1. The van der Waals surface area contributed by atoms with Crippen molar-refractivity contribution in [3.63, 3.8) is 0 Å². The first kappa shape index (κ1) is 17.1. The highest BCUT2D eigenvalue weighted by Crippen LogP contribution is 2.45. The van der Waals surface area contributed by atoms with Crippen LogP contribution in [0.5, 0.6) is 5.75 Å². The average molecular weight is 382 g/mol. The number of hydrogen-bond acceptors (Lipinski definition) is 6. The van der Waals surface area contributed by atoms with E-state index in [9.17, 15) is 14.9 Å². The molecule has 1 heterocycles. The summed E-state index contributed by atoms with van der Waals surface area (Å²) in [6, 6.07) is 11.0. The molecule has 2 aromatic rings. The molecule has 0 spiro atoms. The predicted octanol–water partition coefficient (Wildman–Crippen LogP) is 4.95. The zero-order valence-corrected chi connectivity index (χ0v) is 14.7. The van der Waals surface area contributed by atoms with Crippen LogP contribution in [-0.2, 0) is 0 Å². The van der Waals surface area contributed by atoms with Gasteiger partial charge < -0.3 is 4.74 Å². The van der Waals surface area contributed by atoms with Crippen LogP contribution in [0.1, 0.15) is 20.5 Å². The molecule has 8 heteroatoms. The highest BCUT2D eigenvalue weighted by Gasteiger charge is 2.19. The smallest absolute Gasteiger partial charge is 0.345 e. The molecule has 3 rings (SSSR count). The van der Waals surface area contributed by atoms with Crippen LogP contribution < -0.4 is 4.74 Å². The van der Waals surface area contributed by atoms with E-state index in [1.165, 1.54) is 17.7 Å². The number of ether oxygens (including phenoxy) is 1. The Morgan fingerprint density at radius 2 is 1.83 bits per heavy atom. The van der Waals surface area contributed by atoms with E-state index in [-0.39, 0.29) is 16.3 Å². The second kappa shape index (κ2) is 7.46. The van der Waals surface area contributed by atoms with Crippen molar-refractivity contribution in [2.75, 3.05) is 11.5 Å². The Morgan fingerprint density at radius 3 is 2.42 bits per heavy atom. The van der Waals surface area contributed by atoms with Crippen LogP contribution in [0.3, 0.4) is 0 Å². The van der Waals surface area contributed by atoms with Crippen molar-refractivity contribution in [1.82, 2.24) is 0 Å². The van der Waals surface area contributed by atoms with Gasteiger partial charge in [0.2, 0.25) is 0 Å². The predicted molar refractivity (Wildman–Crippen MR) is 97.2 cm³/mol. The van der Waals surface area contributed by atoms with Crippen LogP contribution in [0, 0.1) is 10.1 Å². The fourth-order valence-electron chi connectivity index (χ4n) is 2.19. The molecule has 0 aromatic heterocycles. The molecule has 0 saturated carbocycles. The van der Waals surface area contributed by atoms with E-state index in [4.69, 9.17) is 16.3 Å². The lowest BCUT2D eigenvalue weighted by Crippen LogP contribution is -2.09. The number of nitrogens with zero attached hydrogens (tertiary/aromatic N) is 1. The van der Waals surface area contributed by atoms with Crippen LogP contribution in [0.15, 0.2) is 42.5 Å². The third kappa shape index (κ3) is 3.85. The minimum absolute atomic E-state index is 0.00965. The van der Waals surface area contributed by atoms with Gasteiger partial charge in [-0.05, 0) is 23.8 Å². The van der Waals surface area contributed by atoms with Gasteiger partial charge >= 0.3 is 5.97 Å². The molecular formula is C16H12ClNO4S2. The van der Waals surface area contributed by atoms with Gasteiger partial charge in [-0.2, -0.15) is 0 Å². The first-order valence-corrected chi connectivity index (χ1v) is 9.51. The Bertz CT molecular complexity index is 776. The first-order valence-electron chi connectivity index (χ1n) is 7.04. The molecule has 0 bridgehead atoms. The Kier molecular flexibility index (Phi) is 5.33. The average Bonchev–Trinajstić information content (AvgIpc) is 3.09. The Labute approximate surface area is 151 Å². The SMILES string of the molecule is O=C(Oc1ccc(C2SCCS2)cc1)c1ccc([N+](=O)[O-])cc1Cl. The highest BCUT2D eigenvalue weighted by molar-refractivity contribution is 8.19. The third-order valence-corrected chi connectivity index (χ3v) is 6.79. The Morgan fingerprint density at radius 1 is 1.17 bits per heavy atom. The van der Waals surface area contributed by atoms with Crippen LogP contribution >= 0.6 is 35.1 Å². The van der Waals surface area contributed by atoms with E-state index in [0.29, 0.717) is 10.3 Å². The third-order valence-electron chi connectivity index (χ3n) is 3.37. The second-order valence-corrected chi connectivity index (χ2v) is 8.08. The van der Waals surface area contributed by atoms with Gasteiger partial charge in [-0.25, -0.2) is 4.79 Å². The van der Waals surface area contributed by atoms with Crippen molar-refractivity contribution in [2.45, 2.75) is 4.58 Å². The maximum absolute atomic E-state index is 12.2. The van der Waals surface area contributed by atoms with E-state index < -0.39 is 10.9 Å². The lowest BCUT2D eigenvalue weighted by Gasteiger charge is -2.10. The van der Waals surface area contributed by atoms with Gasteiger partial charge in [-0.3, -0.25) is 10.1 Å². The molecule has 0 aliphatic carbocycles. The molecule has 1 saturated heterocycles. The summed E-state index contributed by atoms with van der Waals surface area (Å²) < 4.78 is 5.72. The lowest BCUT2D eigenvalue weighted by molar-refractivity contribution is -0.384. The molecule has 24 heavy (non-hydrogen) atoms. The van der Waals surface area contributed by atoms with E-state index in [1.54, 1.807) is 12.1 Å². The molecule has 2 aromatic carbocycles. The molecule has 0 amide bonds. The van der Waals surface area contributed by atoms with Gasteiger partial charge in [0.05, 0.1) is 20.1 Å². The number of non-ortho nitro benzene ring substituents is 1. The van der Waals surface area contributed by atoms with Gasteiger partial charge in [0.15, 0.2) is 0 Å². The number of carbonyl (C=O) groups is 1. The van der Waals surface area contributed by atoms with Crippen LogP contribution in [0.25, 0.3) is 0 Å². The van der Waals surface area contributed by atoms with Crippen LogP contribution in [0.4, 0.5) is 5.69 Å². The Hall–Kier alpha value is -1.70. The summed E-state index contributed by atoms with van der Waals surface area (Å²) in [5.41, 5.74) is 1.11. The second-order valence-electron chi connectivity index (χ2n) is 4.95. The fourth-order valence-corrected chi connectivity index (χ4v) is 5.30. The summed E-state index contributed by atoms with van der Waals surface area (Å²) in [5, 5.41) is 10.7. The molecule has 0 atom stereocenters. The van der Waals surface area contributed by atoms with E-state index in [1.807, 2.05) is 35.7 Å². The van der Waals surface area contributed by atoms with E-state index in [2.05, 4.69) is 0 Å². The van der Waals surface area contributed by atoms with Gasteiger partial charge in [0, 0.05) is 23.6 Å². The zero-order chi connectivity index (χ0) is 17.1. The number of thioether (sulfide) groups is 2. The monoisotopic (exact) mass is 381 g/mol. The fraction of sp³-hybridized carbons (Fsp3) is 0.188. The first-order chi connectivity index (χ1) is 11.5. The summed E-state index contributed by atoms with van der Waals surface area (Å²) in [6.45, 7) is 0. The van der Waals surface area contributed by atoms with E-state index >= 15 is 0 Å². The quantitative estimate of drug-likeness (QED) is 0.323. The van der Waals surface area contributed by atoms with Gasteiger partial charge in [-0.15, -0.1) is 23.5 Å². The molecule has 1 fully saturated rings. The summed E-state index contributed by atoms with van der Waals surface area (Å²) in [7, 11) is 0. The number of nitro groups is 1. The van der Waals surface area contributed by atoms with E-state index in [0.717, 1.165) is 17.6 Å². The van der Waals surface area contributed by atoms with Crippen molar-refractivity contribution in [2.24, 2.45) is 0 Å². The minimum Gasteiger partial charge on any atom is -0.423 e. The molecule has 1 aliphatic rings. The largest absolute Gasteiger partial charge is 0.423 e. The highest BCUT2D eigenvalue weighted by atomic mass is 35.5. The maximum atomic E-state index is 12.2. The Balaban J connectivity index is 1.71. The summed E-state index contributed by atoms with van der Waals surface area (Å²) in [4.78, 5) is 22.3. The molecule has 0 unspecified atom stereocenters. The number of halogens is 1. The number of esters is 1. The molecule has 0 radical (unpaired) electrons. The summed E-state index contributed by atoms with van der Waals surface area (Å²) in [5.74, 6) is 2.05. The molecule has 0 N–H and O–H groups in total. The maximum Gasteiger partial charge on any atom is 0.345 e. The minimum atomic E-state index is -0.646. The van der Waals surface area contributed by atoms with Crippen molar-refractivity contribution in [1.29, 1.82) is 0 Å². The normalized spacial score (nSPS) is 14.5. The molecule has 124 valence electrons. The van der Waals surface area contributed by atoms with Gasteiger partial charge in [0.25, 0.3) is 5.69 Å². The van der Waals surface area contributed by atoms with Crippen LogP contribution in [-0.4, -0.2) is 22.4 Å². The molecule has 5 nitrogen and oxygen atoms in total. The number of benzene rings is 2.